The van der Waals surface area contributed by atoms with Gasteiger partial charge < -0.3 is 20.1 Å². The summed E-state index contributed by atoms with van der Waals surface area (Å²) in [4.78, 5) is 9.65. The van der Waals surface area contributed by atoms with E-state index in [0.717, 1.165) is 16.9 Å². The summed E-state index contributed by atoms with van der Waals surface area (Å²) in [6.07, 6.45) is 1.83. The van der Waals surface area contributed by atoms with Crippen molar-refractivity contribution in [1.29, 1.82) is 0 Å². The van der Waals surface area contributed by atoms with Gasteiger partial charge in [-0.2, -0.15) is 10.2 Å². The van der Waals surface area contributed by atoms with Crippen LogP contribution in [0, 0.1) is 25.5 Å². The van der Waals surface area contributed by atoms with Crippen LogP contribution in [0.15, 0.2) is 97.3 Å². The number of fused-ring (bicyclic) bond motifs is 2. The van der Waals surface area contributed by atoms with Gasteiger partial charge in [0.1, 0.15) is 47.3 Å². The lowest BCUT2D eigenvalue weighted by molar-refractivity contribution is -0.0000813. The third kappa shape index (κ3) is 7.94. The number of aromatic nitrogens is 10. The zero-order valence-electron chi connectivity index (χ0n) is 30.8. The minimum Gasteiger partial charge on any atom is -0.362 e. The predicted molar refractivity (Wildman–Crippen MR) is 202 cm³/mol. The van der Waals surface area contributed by atoms with E-state index in [0.29, 0.717) is 45.7 Å². The molecule has 0 bridgehead atoms. The molecule has 0 spiro atoms. The molecular formula is C39H37F3N12O2. The van der Waals surface area contributed by atoms with Crippen molar-refractivity contribution in [1.82, 2.24) is 49.2 Å². The van der Waals surface area contributed by atoms with Gasteiger partial charge in [-0.25, -0.2) is 36.9 Å². The number of H-pyrrole nitrogens is 1. The van der Waals surface area contributed by atoms with E-state index < -0.39 is 29.5 Å². The van der Waals surface area contributed by atoms with Crippen molar-refractivity contribution < 1.29 is 22.6 Å². The quantitative estimate of drug-likeness (QED) is 0.101. The average Bonchev–Trinajstić information content (AvgIpc) is 3.98. The molecule has 0 aliphatic carbocycles. The molecule has 0 aliphatic heterocycles. The summed E-state index contributed by atoms with van der Waals surface area (Å²) in [5, 5.41) is 27.9. The first-order chi connectivity index (χ1) is 27.0. The number of aryl methyl sites for hydroxylation is 2. The fourth-order valence-electron chi connectivity index (χ4n) is 6.08. The molecule has 2 aromatic carbocycles. The summed E-state index contributed by atoms with van der Waals surface area (Å²) >= 11 is 0. The Morgan fingerprint density at radius 2 is 1.25 bits per heavy atom. The number of nitrogens with one attached hydrogen (secondary N) is 3. The van der Waals surface area contributed by atoms with Crippen LogP contribution in [0.4, 0.5) is 36.4 Å². The van der Waals surface area contributed by atoms with Crippen LogP contribution in [-0.2, 0) is 16.2 Å². The van der Waals surface area contributed by atoms with Crippen molar-refractivity contribution in [3.63, 3.8) is 0 Å². The largest absolute Gasteiger partial charge is 0.362 e. The van der Waals surface area contributed by atoms with Gasteiger partial charge >= 0.3 is 0 Å². The molecule has 286 valence electrons. The first kappa shape index (κ1) is 36.4. The molecule has 2 unspecified atom stereocenters. The standard InChI is InChI=1S/C39H37F3N12O2/c1-23-19-31(48-47-23)43-35-29-7-5-17-52(29)51-38(45-35)34(26-11-15-28(41)16-12-26)56-22-54-24(2)20-32(49-54)44-36-30-8-6-18-53(30)50-37(46-36)33(55-21-39(3,4)42)25-9-13-27(40)14-10-25/h5-20,33-34H,21-22H2,1-4H3,(H,44,46,49,50)(H2,43,45,47,48,51). The van der Waals surface area contributed by atoms with Crippen molar-refractivity contribution in [2.24, 2.45) is 0 Å². The molecule has 6 aromatic heterocycles. The summed E-state index contributed by atoms with van der Waals surface area (Å²) in [5.41, 5.74) is 2.53. The van der Waals surface area contributed by atoms with Crippen LogP contribution in [0.25, 0.3) is 11.0 Å². The summed E-state index contributed by atoms with van der Waals surface area (Å²) < 4.78 is 60.1. The average molecular weight is 763 g/mol. The highest BCUT2D eigenvalue weighted by Gasteiger charge is 2.26. The van der Waals surface area contributed by atoms with Crippen molar-refractivity contribution in [3.8, 4) is 0 Å². The number of nitrogens with zero attached hydrogens (tertiary/aromatic N) is 9. The monoisotopic (exact) mass is 762 g/mol. The van der Waals surface area contributed by atoms with Gasteiger partial charge in [-0.15, -0.1) is 10.2 Å². The molecule has 0 aliphatic rings. The number of halogens is 3. The second-order valence-electron chi connectivity index (χ2n) is 13.9. The molecule has 2 atom stereocenters. The first-order valence-corrected chi connectivity index (χ1v) is 17.7. The van der Waals surface area contributed by atoms with Crippen LogP contribution in [-0.4, -0.2) is 61.4 Å². The molecule has 0 amide bonds. The fourth-order valence-corrected chi connectivity index (χ4v) is 6.08. The molecule has 0 saturated heterocycles. The summed E-state index contributed by atoms with van der Waals surface area (Å²) in [6, 6.07) is 22.8. The van der Waals surface area contributed by atoms with Crippen LogP contribution < -0.4 is 10.6 Å². The maximum absolute atomic E-state index is 14.6. The number of benzene rings is 2. The number of rotatable bonds is 14. The first-order valence-electron chi connectivity index (χ1n) is 17.7. The van der Waals surface area contributed by atoms with Gasteiger partial charge in [-0.3, -0.25) is 5.10 Å². The zero-order chi connectivity index (χ0) is 39.0. The van der Waals surface area contributed by atoms with E-state index in [9.17, 15) is 13.2 Å². The van der Waals surface area contributed by atoms with Crippen molar-refractivity contribution in [3.05, 3.63) is 143 Å². The summed E-state index contributed by atoms with van der Waals surface area (Å²) in [5.74, 6) is 1.68. The molecule has 17 heteroatoms. The molecule has 56 heavy (non-hydrogen) atoms. The van der Waals surface area contributed by atoms with Crippen LogP contribution in [0.2, 0.25) is 0 Å². The van der Waals surface area contributed by atoms with Gasteiger partial charge in [0.2, 0.25) is 0 Å². The molecule has 3 N–H and O–H groups in total. The third-order valence-electron chi connectivity index (χ3n) is 8.77. The predicted octanol–water partition coefficient (Wildman–Crippen LogP) is 7.69. The fraction of sp³-hybridized carbons (Fsp3) is 0.231. The van der Waals surface area contributed by atoms with E-state index in [1.165, 1.54) is 38.1 Å². The van der Waals surface area contributed by atoms with E-state index in [4.69, 9.17) is 29.6 Å². The Hall–Kier alpha value is -6.59. The molecule has 0 radical (unpaired) electrons. The normalized spacial score (nSPS) is 13.1. The van der Waals surface area contributed by atoms with Crippen molar-refractivity contribution in [2.45, 2.75) is 52.3 Å². The molecule has 8 aromatic rings. The number of hydrogen-bond donors (Lipinski definition) is 3. The second-order valence-corrected chi connectivity index (χ2v) is 13.9. The van der Waals surface area contributed by atoms with Gasteiger partial charge in [0.25, 0.3) is 0 Å². The van der Waals surface area contributed by atoms with Crippen molar-refractivity contribution in [2.75, 3.05) is 17.2 Å². The molecule has 8 rings (SSSR count). The van der Waals surface area contributed by atoms with Crippen molar-refractivity contribution >= 4 is 34.3 Å². The smallest absolute Gasteiger partial charge is 0.185 e. The maximum atomic E-state index is 14.6. The van der Waals surface area contributed by atoms with E-state index in [2.05, 4.69) is 25.9 Å². The maximum Gasteiger partial charge on any atom is 0.185 e. The van der Waals surface area contributed by atoms with Crippen LogP contribution in [0.3, 0.4) is 0 Å². The highest BCUT2D eigenvalue weighted by Crippen LogP contribution is 2.31. The lowest BCUT2D eigenvalue weighted by Crippen LogP contribution is -2.24. The molecule has 0 fully saturated rings. The Morgan fingerprint density at radius 1 is 0.714 bits per heavy atom. The highest BCUT2D eigenvalue weighted by atomic mass is 19.1. The Morgan fingerprint density at radius 3 is 1.77 bits per heavy atom. The van der Waals surface area contributed by atoms with E-state index in [1.54, 1.807) is 50.4 Å². The number of alkyl halides is 1. The molecule has 14 nitrogen and oxygen atoms in total. The van der Waals surface area contributed by atoms with Crippen LogP contribution in [0.5, 0.6) is 0 Å². The number of anilines is 4. The Balaban J connectivity index is 1.08. The van der Waals surface area contributed by atoms with E-state index >= 15 is 0 Å². The lowest BCUT2D eigenvalue weighted by atomic mass is 10.1. The minimum absolute atomic E-state index is 0.0288. The van der Waals surface area contributed by atoms with Crippen LogP contribution in [0.1, 0.15) is 60.2 Å². The second kappa shape index (κ2) is 14.9. The molecule has 6 heterocycles. The number of aromatic amines is 1. The Bertz CT molecular complexity index is 2610. The SMILES string of the molecule is Cc1cc(Nc2nc(C(OCn3nc(Nc4nc(C(OCC(C)(C)F)c5ccc(F)cc5)nn5cccc45)cc3C)c3ccc(F)cc3)nn3cccc23)n[nH]1. The Labute approximate surface area is 318 Å². The van der Waals surface area contributed by atoms with Crippen LogP contribution >= 0.6 is 0 Å². The van der Waals surface area contributed by atoms with E-state index in [-0.39, 0.29) is 19.2 Å². The zero-order valence-corrected chi connectivity index (χ0v) is 30.8. The van der Waals surface area contributed by atoms with Gasteiger partial charge in [-0.1, -0.05) is 24.3 Å². The van der Waals surface area contributed by atoms with Gasteiger partial charge in [0, 0.05) is 35.9 Å². The summed E-state index contributed by atoms with van der Waals surface area (Å²) in [6.45, 7) is 6.32. The van der Waals surface area contributed by atoms with Gasteiger partial charge in [0.15, 0.2) is 34.9 Å². The number of ether oxygens (including phenoxy) is 2. The van der Waals surface area contributed by atoms with E-state index in [1.807, 2.05) is 50.2 Å². The number of hydrogen-bond acceptors (Lipinski definition) is 10. The topological polar surface area (TPSA) is 149 Å². The Kier molecular flexibility index (Phi) is 9.69. The molecule has 0 saturated carbocycles. The highest BCUT2D eigenvalue weighted by molar-refractivity contribution is 5.73. The van der Waals surface area contributed by atoms with Gasteiger partial charge in [0.05, 0.1) is 6.61 Å². The molecular weight excluding hydrogens is 726 g/mol. The summed E-state index contributed by atoms with van der Waals surface area (Å²) in [7, 11) is 0. The van der Waals surface area contributed by atoms with Gasteiger partial charge in [-0.05, 0) is 87.4 Å². The lowest BCUT2D eigenvalue weighted by Gasteiger charge is -2.22. The third-order valence-corrected chi connectivity index (χ3v) is 8.77. The minimum atomic E-state index is -1.64.